The number of Topliss-reactive ketones (excluding diaryl/α,β-unsaturated/α-hetero) is 2. The van der Waals surface area contributed by atoms with Gasteiger partial charge in [-0.05, 0) is 69.2 Å². The van der Waals surface area contributed by atoms with Gasteiger partial charge in [0.25, 0.3) is 0 Å². The van der Waals surface area contributed by atoms with E-state index in [1.807, 2.05) is 0 Å². The normalized spacial score (nSPS) is 36.1. The fourth-order valence-corrected chi connectivity index (χ4v) is 7.66. The lowest BCUT2D eigenvalue weighted by Gasteiger charge is -2.59. The Morgan fingerprint density at radius 1 is 1.00 bits per heavy atom. The predicted octanol–water partition coefficient (Wildman–Crippen LogP) is 5.72. The Labute approximate surface area is 181 Å². The maximum atomic E-state index is 14.0. The van der Waals surface area contributed by atoms with E-state index in [0.29, 0.717) is 18.4 Å². The van der Waals surface area contributed by atoms with Gasteiger partial charge in [-0.25, -0.2) is 0 Å². The number of carbonyl (C=O) groups excluding carboxylic acids is 2. The Hall–Kier alpha value is -1.62. The first-order valence-corrected chi connectivity index (χ1v) is 14.1. The molecule has 4 aliphatic carbocycles. The molecule has 1 saturated carbocycles. The van der Waals surface area contributed by atoms with Crippen LogP contribution in [0.4, 0.5) is 0 Å². The van der Waals surface area contributed by atoms with Gasteiger partial charge in [0.1, 0.15) is 0 Å². The molecule has 1 spiro atoms. The molecule has 0 radical (unpaired) electrons. The second-order valence-corrected chi connectivity index (χ2v) is 16.1. The summed E-state index contributed by atoms with van der Waals surface area (Å²) in [6.07, 6.45) is 7.49. The second-order valence-electron chi connectivity index (χ2n) is 11.4. The maximum Gasteiger partial charge on any atom is 0.250 e. The molecule has 0 aromatic heterocycles. The van der Waals surface area contributed by atoms with Gasteiger partial charge >= 0.3 is 0 Å². The van der Waals surface area contributed by atoms with E-state index in [0.717, 1.165) is 18.6 Å². The van der Waals surface area contributed by atoms with E-state index < -0.39 is 19.1 Å². The molecule has 0 N–H and O–H groups in total. The summed E-state index contributed by atoms with van der Waals surface area (Å²) in [5.74, 6) is 1.47. The molecule has 4 aliphatic rings. The molecule has 0 amide bonds. The molecular formula is C25H36O4Si. The van der Waals surface area contributed by atoms with Crippen molar-refractivity contribution in [2.75, 3.05) is 7.11 Å². The quantitative estimate of drug-likeness (QED) is 0.426. The van der Waals surface area contributed by atoms with Gasteiger partial charge in [-0.1, -0.05) is 32.4 Å². The van der Waals surface area contributed by atoms with Crippen molar-refractivity contribution in [3.8, 4) is 0 Å². The maximum absolute atomic E-state index is 14.0. The topological polar surface area (TPSA) is 52.6 Å². The number of allylic oxidation sites excluding steroid dienone is 6. The molecule has 5 heteroatoms. The van der Waals surface area contributed by atoms with Crippen molar-refractivity contribution in [2.45, 2.75) is 78.4 Å². The van der Waals surface area contributed by atoms with Crippen LogP contribution < -0.4 is 0 Å². The molecule has 164 valence electrons. The standard InChI is InChI=1S/C25H36O4Si/c1-15-11-17-9-10-18-12-19(29-30(7,8)23(3,4)5)14-24(13-15)21(26)16(2)20(28-6)22(27)25(17,18)24/h11-12,17-18H,9-10,13-14H2,1-8H3/t17-,18-,24+,25?/m0/s1. The fourth-order valence-electron chi connectivity index (χ4n) is 6.56. The first kappa shape index (κ1) is 21.6. The third-order valence-electron chi connectivity index (χ3n) is 8.77. The van der Waals surface area contributed by atoms with Gasteiger partial charge in [-0.15, -0.1) is 0 Å². The zero-order chi connectivity index (χ0) is 22.3. The highest BCUT2D eigenvalue weighted by atomic mass is 28.4. The SMILES string of the molecule is COC1=C(C)C(=O)[C@@]23CC(C)=C[C@@H]4CC[C@@H](C=C(O[Si](C)(C)C(C)(C)C)C2)C43C1=O. The molecule has 4 rings (SSSR count). The van der Waals surface area contributed by atoms with Gasteiger partial charge in [-0.3, -0.25) is 9.59 Å². The van der Waals surface area contributed by atoms with E-state index in [9.17, 15) is 9.59 Å². The van der Waals surface area contributed by atoms with Gasteiger partial charge in [0, 0.05) is 12.0 Å². The van der Waals surface area contributed by atoms with Crippen molar-refractivity contribution in [1.29, 1.82) is 0 Å². The molecule has 1 fully saturated rings. The van der Waals surface area contributed by atoms with E-state index in [2.05, 4.69) is 52.9 Å². The fraction of sp³-hybridized carbons (Fsp3) is 0.680. The predicted molar refractivity (Wildman–Crippen MR) is 120 cm³/mol. The van der Waals surface area contributed by atoms with Crippen molar-refractivity contribution in [2.24, 2.45) is 22.7 Å². The Balaban J connectivity index is 1.91. The smallest absolute Gasteiger partial charge is 0.250 e. The van der Waals surface area contributed by atoms with Crippen molar-refractivity contribution < 1.29 is 18.8 Å². The van der Waals surface area contributed by atoms with Crippen LogP contribution in [0, 0.1) is 22.7 Å². The average molecular weight is 429 g/mol. The molecule has 4 nitrogen and oxygen atoms in total. The summed E-state index contributed by atoms with van der Waals surface area (Å²) in [4.78, 5) is 28.0. The zero-order valence-electron chi connectivity index (χ0n) is 19.8. The third kappa shape index (κ3) is 2.50. The summed E-state index contributed by atoms with van der Waals surface area (Å²) in [5.41, 5.74) is 0.252. The number of hydrogen-bond acceptors (Lipinski definition) is 4. The van der Waals surface area contributed by atoms with Crippen LogP contribution >= 0.6 is 0 Å². The number of ketones is 2. The van der Waals surface area contributed by atoms with Gasteiger partial charge in [0.2, 0.25) is 14.1 Å². The Morgan fingerprint density at radius 2 is 1.60 bits per heavy atom. The Morgan fingerprint density at radius 3 is 2.17 bits per heavy atom. The van der Waals surface area contributed by atoms with E-state index >= 15 is 0 Å². The number of hydrogen-bond donors (Lipinski definition) is 0. The van der Waals surface area contributed by atoms with Crippen LogP contribution in [-0.4, -0.2) is 27.0 Å². The van der Waals surface area contributed by atoms with Crippen LogP contribution in [0.1, 0.15) is 60.3 Å². The summed E-state index contributed by atoms with van der Waals surface area (Å²) in [6, 6.07) is 0. The molecule has 4 atom stereocenters. The van der Waals surface area contributed by atoms with Gasteiger partial charge in [0.15, 0.2) is 11.5 Å². The van der Waals surface area contributed by atoms with Crippen LogP contribution in [-0.2, 0) is 18.8 Å². The Bertz CT molecular complexity index is 916. The number of rotatable bonds is 3. The van der Waals surface area contributed by atoms with Gasteiger partial charge in [0.05, 0.1) is 23.7 Å². The van der Waals surface area contributed by atoms with Crippen LogP contribution in [0.25, 0.3) is 0 Å². The molecule has 0 aliphatic heterocycles. The van der Waals surface area contributed by atoms with Gasteiger partial charge in [-0.2, -0.15) is 0 Å². The van der Waals surface area contributed by atoms with Crippen LogP contribution in [0.2, 0.25) is 18.1 Å². The van der Waals surface area contributed by atoms with Crippen molar-refractivity contribution in [3.63, 3.8) is 0 Å². The first-order valence-electron chi connectivity index (χ1n) is 11.2. The van der Waals surface area contributed by atoms with E-state index in [4.69, 9.17) is 9.16 Å². The lowest BCUT2D eigenvalue weighted by Crippen LogP contribution is -2.64. The van der Waals surface area contributed by atoms with Crippen LogP contribution in [0.3, 0.4) is 0 Å². The van der Waals surface area contributed by atoms with E-state index in [1.54, 1.807) is 6.92 Å². The summed E-state index contributed by atoms with van der Waals surface area (Å²) in [5, 5.41) is 0.0755. The molecule has 0 aromatic rings. The minimum atomic E-state index is -2.05. The Kier molecular flexibility index (Phi) is 4.64. The largest absolute Gasteiger partial charge is 0.547 e. The monoisotopic (exact) mass is 428 g/mol. The number of carbonyl (C=O) groups is 2. The highest BCUT2D eigenvalue weighted by Gasteiger charge is 2.73. The van der Waals surface area contributed by atoms with Gasteiger partial charge < -0.3 is 9.16 Å². The summed E-state index contributed by atoms with van der Waals surface area (Å²) in [7, 11) is -0.531. The molecule has 0 saturated heterocycles. The lowest BCUT2D eigenvalue weighted by molar-refractivity contribution is -0.160. The summed E-state index contributed by atoms with van der Waals surface area (Å²) >= 11 is 0. The average Bonchev–Trinajstić information content (AvgIpc) is 2.98. The summed E-state index contributed by atoms with van der Waals surface area (Å²) in [6.45, 7) is 15.1. The van der Waals surface area contributed by atoms with Crippen molar-refractivity contribution >= 4 is 19.9 Å². The summed E-state index contributed by atoms with van der Waals surface area (Å²) < 4.78 is 12.3. The third-order valence-corrected chi connectivity index (χ3v) is 13.2. The zero-order valence-corrected chi connectivity index (χ0v) is 20.8. The number of methoxy groups -OCH3 is 1. The van der Waals surface area contributed by atoms with Crippen molar-refractivity contribution in [3.05, 3.63) is 34.8 Å². The molecule has 1 unspecified atom stereocenters. The molecule has 30 heavy (non-hydrogen) atoms. The van der Waals surface area contributed by atoms with E-state index in [1.165, 1.54) is 12.7 Å². The molecule has 0 bridgehead atoms. The molecular weight excluding hydrogens is 392 g/mol. The highest BCUT2D eigenvalue weighted by Crippen LogP contribution is 2.71. The minimum absolute atomic E-state index is 0.0232. The molecule has 0 heterocycles. The second kappa shape index (κ2) is 6.44. The van der Waals surface area contributed by atoms with E-state index in [-0.39, 0.29) is 34.2 Å². The number of ether oxygens (including phenoxy) is 1. The van der Waals surface area contributed by atoms with Crippen molar-refractivity contribution in [1.82, 2.24) is 0 Å². The highest BCUT2D eigenvalue weighted by molar-refractivity contribution is 6.74. The lowest BCUT2D eigenvalue weighted by atomic mass is 9.42. The molecule has 0 aromatic carbocycles. The van der Waals surface area contributed by atoms with Crippen LogP contribution in [0.5, 0.6) is 0 Å². The first-order chi connectivity index (χ1) is 13.8. The minimum Gasteiger partial charge on any atom is -0.547 e. The van der Waals surface area contributed by atoms with Crippen LogP contribution in [0.15, 0.2) is 34.8 Å².